The largest absolute Gasteiger partial charge is 0.493 e. The summed E-state index contributed by atoms with van der Waals surface area (Å²) in [7, 11) is 1.50. The smallest absolute Gasteiger partial charge is 0.206 e. The molecule has 0 unspecified atom stereocenters. The maximum atomic E-state index is 13.9. The number of allylic oxidation sites excluding steroid dienone is 1. The van der Waals surface area contributed by atoms with E-state index < -0.39 is 11.6 Å². The molecular formula is C22H17FN2O3S. The van der Waals surface area contributed by atoms with Gasteiger partial charge in [0.15, 0.2) is 11.5 Å². The summed E-state index contributed by atoms with van der Waals surface area (Å²) in [5.41, 5.74) is 1.05. The highest BCUT2D eigenvalue weighted by atomic mass is 32.1. The molecule has 146 valence electrons. The first-order chi connectivity index (χ1) is 14.0. The molecule has 1 heterocycles. The first-order valence-corrected chi connectivity index (χ1v) is 9.52. The van der Waals surface area contributed by atoms with Gasteiger partial charge in [-0.3, -0.25) is 4.79 Å². The molecule has 5 nitrogen and oxygen atoms in total. The highest BCUT2D eigenvalue weighted by Crippen LogP contribution is 2.30. The molecule has 0 atom stereocenters. The number of ketones is 1. The number of carbonyl (C=O) groups excluding carboxylic acids is 1. The van der Waals surface area contributed by atoms with Gasteiger partial charge in [0, 0.05) is 5.38 Å². The molecule has 0 aliphatic carbocycles. The highest BCUT2D eigenvalue weighted by molar-refractivity contribution is 7.09. The van der Waals surface area contributed by atoms with E-state index >= 15 is 0 Å². The Bertz CT molecular complexity index is 1120. The second-order valence-electron chi connectivity index (χ2n) is 6.04. The summed E-state index contributed by atoms with van der Waals surface area (Å²) in [4.78, 5) is 16.8. The van der Waals surface area contributed by atoms with Crippen molar-refractivity contribution in [3.63, 3.8) is 0 Å². The summed E-state index contributed by atoms with van der Waals surface area (Å²) < 4.78 is 25.0. The van der Waals surface area contributed by atoms with Crippen LogP contribution >= 0.6 is 11.3 Å². The van der Waals surface area contributed by atoms with Gasteiger partial charge in [-0.15, -0.1) is 11.3 Å². The number of rotatable bonds is 7. The van der Waals surface area contributed by atoms with Gasteiger partial charge in [-0.2, -0.15) is 5.26 Å². The number of benzene rings is 2. The van der Waals surface area contributed by atoms with Crippen LogP contribution in [0.3, 0.4) is 0 Å². The average Bonchev–Trinajstić information content (AvgIpc) is 3.15. The minimum absolute atomic E-state index is 0.147. The zero-order chi connectivity index (χ0) is 20.8. The number of ether oxygens (including phenoxy) is 2. The fourth-order valence-electron chi connectivity index (χ4n) is 2.63. The van der Waals surface area contributed by atoms with Crippen LogP contribution in [0.4, 0.5) is 4.39 Å². The van der Waals surface area contributed by atoms with Gasteiger partial charge in [0.25, 0.3) is 0 Å². The Morgan fingerprint density at radius 3 is 2.72 bits per heavy atom. The molecule has 7 heteroatoms. The Labute approximate surface area is 171 Å². The molecule has 0 bridgehead atoms. The molecule has 0 radical (unpaired) electrons. The van der Waals surface area contributed by atoms with Crippen molar-refractivity contribution in [3.8, 4) is 17.6 Å². The fourth-order valence-corrected chi connectivity index (χ4v) is 3.22. The number of nitriles is 1. The lowest BCUT2D eigenvalue weighted by molar-refractivity contribution is 0.103. The number of hydrogen-bond donors (Lipinski definition) is 0. The van der Waals surface area contributed by atoms with Crippen LogP contribution in [0.2, 0.25) is 0 Å². The zero-order valence-electron chi connectivity index (χ0n) is 15.8. The predicted octanol–water partition coefficient (Wildman–Crippen LogP) is 4.97. The van der Waals surface area contributed by atoms with Crippen LogP contribution in [0, 0.1) is 24.1 Å². The summed E-state index contributed by atoms with van der Waals surface area (Å²) >= 11 is 1.54. The van der Waals surface area contributed by atoms with Gasteiger partial charge in [0.2, 0.25) is 5.78 Å². The molecule has 3 rings (SSSR count). The van der Waals surface area contributed by atoms with E-state index in [2.05, 4.69) is 4.98 Å². The Morgan fingerprint density at radius 1 is 1.28 bits per heavy atom. The summed E-state index contributed by atoms with van der Waals surface area (Å²) in [5, 5.41) is 12.3. The van der Waals surface area contributed by atoms with Crippen LogP contribution < -0.4 is 9.47 Å². The van der Waals surface area contributed by atoms with E-state index in [9.17, 15) is 14.4 Å². The second-order valence-corrected chi connectivity index (χ2v) is 7.10. The Balaban J connectivity index is 1.83. The molecule has 1 aromatic heterocycles. The maximum Gasteiger partial charge on any atom is 0.206 e. The van der Waals surface area contributed by atoms with Gasteiger partial charge in [0.05, 0.1) is 23.4 Å². The van der Waals surface area contributed by atoms with Gasteiger partial charge in [-0.05, 0) is 42.8 Å². The lowest BCUT2D eigenvalue weighted by Gasteiger charge is -2.10. The van der Waals surface area contributed by atoms with E-state index in [1.807, 2.05) is 18.4 Å². The molecule has 29 heavy (non-hydrogen) atoms. The van der Waals surface area contributed by atoms with E-state index in [-0.39, 0.29) is 11.1 Å². The van der Waals surface area contributed by atoms with Crippen LogP contribution in [-0.4, -0.2) is 17.9 Å². The molecule has 3 aromatic rings. The Kier molecular flexibility index (Phi) is 6.37. The van der Waals surface area contributed by atoms with Gasteiger partial charge >= 0.3 is 0 Å². The maximum absolute atomic E-state index is 13.9. The predicted molar refractivity (Wildman–Crippen MR) is 108 cm³/mol. The average molecular weight is 408 g/mol. The van der Waals surface area contributed by atoms with E-state index in [1.165, 1.54) is 31.4 Å². The second kappa shape index (κ2) is 9.13. The number of nitrogens with zero attached hydrogens (tertiary/aromatic N) is 2. The van der Waals surface area contributed by atoms with Crippen LogP contribution in [0.25, 0.3) is 6.08 Å². The van der Waals surface area contributed by atoms with Gasteiger partial charge in [-0.25, -0.2) is 9.37 Å². The van der Waals surface area contributed by atoms with Crippen molar-refractivity contribution in [1.29, 1.82) is 5.26 Å². The van der Waals surface area contributed by atoms with Gasteiger partial charge in [-0.1, -0.05) is 18.2 Å². The van der Waals surface area contributed by atoms with Crippen molar-refractivity contribution in [2.75, 3.05) is 7.11 Å². The van der Waals surface area contributed by atoms with Gasteiger partial charge in [0.1, 0.15) is 24.1 Å². The molecule has 0 amide bonds. The third-order valence-electron chi connectivity index (χ3n) is 4.02. The van der Waals surface area contributed by atoms with Crippen LogP contribution in [-0.2, 0) is 6.61 Å². The number of aromatic nitrogens is 1. The van der Waals surface area contributed by atoms with Crippen molar-refractivity contribution in [2.45, 2.75) is 13.5 Å². The number of thiazole rings is 1. The van der Waals surface area contributed by atoms with E-state index in [0.717, 1.165) is 10.7 Å². The first kappa shape index (κ1) is 20.2. The Hall–Kier alpha value is -3.50. The van der Waals surface area contributed by atoms with Crippen LogP contribution in [0.5, 0.6) is 11.5 Å². The minimum Gasteiger partial charge on any atom is -0.493 e. The molecule has 2 aromatic carbocycles. The van der Waals surface area contributed by atoms with Crippen molar-refractivity contribution in [3.05, 3.63) is 81.1 Å². The van der Waals surface area contributed by atoms with Crippen molar-refractivity contribution in [2.24, 2.45) is 0 Å². The number of halogens is 1. The van der Waals surface area contributed by atoms with Crippen LogP contribution in [0.15, 0.2) is 53.4 Å². The molecule has 0 spiro atoms. The summed E-state index contributed by atoms with van der Waals surface area (Å²) in [5.74, 6) is -0.392. The summed E-state index contributed by atoms with van der Waals surface area (Å²) in [6.45, 7) is 2.22. The van der Waals surface area contributed by atoms with Crippen LogP contribution in [0.1, 0.15) is 26.6 Å². The zero-order valence-corrected chi connectivity index (χ0v) is 16.6. The SMILES string of the molecule is COc1cc(/C=C(\C#N)C(=O)c2ccccc2F)ccc1OCc1csc(C)n1. The molecule has 0 aliphatic heterocycles. The quantitative estimate of drug-likeness (QED) is 0.314. The molecule has 0 fully saturated rings. The number of methoxy groups -OCH3 is 1. The lowest BCUT2D eigenvalue weighted by atomic mass is 10.0. The lowest BCUT2D eigenvalue weighted by Crippen LogP contribution is -2.04. The molecule has 0 aliphatic rings. The molecular weight excluding hydrogens is 391 g/mol. The van der Waals surface area contributed by atoms with Crippen molar-refractivity contribution >= 4 is 23.2 Å². The number of hydrogen-bond acceptors (Lipinski definition) is 6. The monoisotopic (exact) mass is 408 g/mol. The first-order valence-electron chi connectivity index (χ1n) is 8.64. The van der Waals surface area contributed by atoms with E-state index in [1.54, 1.807) is 35.6 Å². The standard InChI is InChI=1S/C22H17FN2O3S/c1-14-25-17(13-29-14)12-28-20-8-7-15(10-21(20)27-2)9-16(11-24)22(26)18-5-3-4-6-19(18)23/h3-10,13H,12H2,1-2H3/b16-9+. The fraction of sp³-hybridized carbons (Fsp3) is 0.136. The third-order valence-corrected chi connectivity index (χ3v) is 4.85. The topological polar surface area (TPSA) is 72.2 Å². The van der Waals surface area contributed by atoms with Crippen molar-refractivity contribution in [1.82, 2.24) is 4.98 Å². The molecule has 0 saturated heterocycles. The minimum atomic E-state index is -0.677. The number of aryl methyl sites for hydroxylation is 1. The van der Waals surface area contributed by atoms with Gasteiger partial charge < -0.3 is 9.47 Å². The highest BCUT2D eigenvalue weighted by Gasteiger charge is 2.16. The van der Waals surface area contributed by atoms with E-state index in [0.29, 0.717) is 23.7 Å². The van der Waals surface area contributed by atoms with Crippen molar-refractivity contribution < 1.29 is 18.7 Å². The summed E-state index contributed by atoms with van der Waals surface area (Å²) in [6.07, 6.45) is 1.39. The number of Topliss-reactive ketones (excluding diaryl/α,β-unsaturated/α-hetero) is 1. The third kappa shape index (κ3) is 4.86. The molecule has 0 saturated carbocycles. The van der Waals surface area contributed by atoms with E-state index in [4.69, 9.17) is 9.47 Å². The normalized spacial score (nSPS) is 11.0. The Morgan fingerprint density at radius 2 is 2.07 bits per heavy atom. The molecule has 0 N–H and O–H groups in total. The number of carbonyl (C=O) groups is 1. The summed E-state index contributed by atoms with van der Waals surface area (Å²) in [6, 6.07) is 12.4.